The maximum atomic E-state index is 15.1. The SMILES string of the molecule is Cc1c[nH]c2c(OP(C)(=O)O)cc3c(c12)C(CCl)CN3C(=O)C12CC3(C(=O)N4CC(CCl)c5c4cc(NC(=O)C(C)NC(=O)C(NC(=O)CCCCCN4C(=O)C=CC4=O)C(C)C)c4ccccc54)CC31C2. The fourth-order valence-corrected chi connectivity index (χ4v) is 13.6. The summed E-state index contributed by atoms with van der Waals surface area (Å²) in [6.45, 7) is 9.10. The fourth-order valence-electron chi connectivity index (χ4n) is 12.6. The molecule has 5 N–H and O–H groups in total. The molecular formula is C52H58Cl2N7O10P. The van der Waals surface area contributed by atoms with E-state index in [4.69, 9.17) is 27.7 Å². The Hall–Kier alpha value is -5.74. The lowest BCUT2D eigenvalue weighted by Crippen LogP contribution is -2.53. The van der Waals surface area contributed by atoms with Gasteiger partial charge in [0.05, 0.1) is 27.7 Å². The Morgan fingerprint density at radius 3 is 2.06 bits per heavy atom. The summed E-state index contributed by atoms with van der Waals surface area (Å²) in [5.41, 5.74) is 2.90. The van der Waals surface area contributed by atoms with Crippen molar-refractivity contribution < 1.29 is 47.5 Å². The van der Waals surface area contributed by atoms with E-state index >= 15 is 4.79 Å². The number of hydrogen-bond donors (Lipinski definition) is 5. The number of imide groups is 1. The topological polar surface area (TPSA) is 228 Å². The summed E-state index contributed by atoms with van der Waals surface area (Å²) in [6.07, 6.45) is 7.54. The van der Waals surface area contributed by atoms with Gasteiger partial charge in [-0.1, -0.05) is 44.5 Å². The molecule has 6 aliphatic rings. The molecule has 20 heteroatoms. The first-order chi connectivity index (χ1) is 34.2. The van der Waals surface area contributed by atoms with Gasteiger partial charge in [-0.05, 0) is 80.0 Å². The minimum Gasteiger partial charge on any atom is -0.422 e. The standard InChI is InChI=1S/C52H58Cl2N7O10P/c1-27(2)44(58-38(62)13-7-6-10-16-59-39(63)14-15-40(59)64)47(66)56-29(4)46(65)57-34-17-35-42(33-12-9-8-11-32(33)34)30(19-53)22-60(35)48(67)50-24-51(26-52(50,51)25-50)49(68)61-23-31(20-54)43-36(61)18-37(71-72(5,69)70)45-41(43)28(3)21-55-45/h8-9,11-12,14-15,17-18,21,27,29-31,44,55H,6-7,10,13,16,19-20,22-26H2,1-5H3,(H,56,66)(H,57,65)(H,58,62)(H,69,70). The molecule has 1 spiro atoms. The predicted molar refractivity (Wildman–Crippen MR) is 273 cm³/mol. The van der Waals surface area contributed by atoms with Gasteiger partial charge in [-0.25, -0.2) is 4.57 Å². The van der Waals surface area contributed by atoms with Gasteiger partial charge in [-0.3, -0.25) is 38.5 Å². The zero-order chi connectivity index (χ0) is 51.4. The third-order valence-electron chi connectivity index (χ3n) is 16.2. The van der Waals surface area contributed by atoms with Gasteiger partial charge in [0.2, 0.25) is 29.5 Å². The van der Waals surface area contributed by atoms with Crippen molar-refractivity contribution in [3.63, 3.8) is 0 Å². The number of halogens is 2. The molecule has 3 aromatic carbocycles. The second-order valence-corrected chi connectivity index (χ2v) is 23.5. The second-order valence-electron chi connectivity index (χ2n) is 21.1. The first-order valence-electron chi connectivity index (χ1n) is 24.6. The number of fused-ring (bicyclic) bond motifs is 6. The number of aromatic amines is 1. The number of H-pyrrole nitrogens is 1. The highest BCUT2D eigenvalue weighted by Crippen LogP contribution is 3.01. The number of rotatable bonds is 18. The van der Waals surface area contributed by atoms with Gasteiger partial charge in [0.1, 0.15) is 12.1 Å². The molecule has 10 rings (SSSR count). The molecule has 72 heavy (non-hydrogen) atoms. The van der Waals surface area contributed by atoms with Gasteiger partial charge in [-0.2, -0.15) is 0 Å². The number of unbranched alkanes of at least 4 members (excludes halogenated alkanes) is 2. The normalized spacial score (nSPS) is 25.9. The maximum absolute atomic E-state index is 15.1. The Kier molecular flexibility index (Phi) is 12.5. The monoisotopic (exact) mass is 1040 g/mol. The van der Waals surface area contributed by atoms with Crippen LogP contribution >= 0.6 is 30.8 Å². The Bertz CT molecular complexity index is 3100. The van der Waals surface area contributed by atoms with Crippen LogP contribution in [0.5, 0.6) is 5.75 Å². The zero-order valence-corrected chi connectivity index (χ0v) is 43.1. The van der Waals surface area contributed by atoms with E-state index in [0.29, 0.717) is 74.2 Å². The third kappa shape index (κ3) is 7.91. The molecule has 3 aliphatic carbocycles. The van der Waals surface area contributed by atoms with E-state index < -0.39 is 47.7 Å². The average Bonchev–Trinajstić information content (AvgIpc) is 3.67. The quantitative estimate of drug-likeness (QED) is 0.0294. The molecule has 4 heterocycles. The summed E-state index contributed by atoms with van der Waals surface area (Å²) in [4.78, 5) is 112. The number of aryl methyl sites for hydroxylation is 1. The summed E-state index contributed by atoms with van der Waals surface area (Å²) < 4.78 is 18.1. The van der Waals surface area contributed by atoms with Crippen LogP contribution in [-0.2, 0) is 38.1 Å². The molecule has 3 aliphatic heterocycles. The van der Waals surface area contributed by atoms with E-state index in [1.807, 2.05) is 31.2 Å². The Morgan fingerprint density at radius 1 is 0.847 bits per heavy atom. The molecule has 8 unspecified atom stereocenters. The molecule has 3 fully saturated rings. The van der Waals surface area contributed by atoms with E-state index in [1.165, 1.54) is 12.2 Å². The van der Waals surface area contributed by atoms with Crippen LogP contribution in [0.25, 0.3) is 21.7 Å². The molecule has 0 saturated heterocycles. The number of nitrogens with one attached hydrogen (secondary N) is 4. The number of hydrogen-bond acceptors (Lipinski definition) is 9. The first-order valence-corrected chi connectivity index (χ1v) is 27.7. The van der Waals surface area contributed by atoms with Crippen molar-refractivity contribution in [2.75, 3.05) is 53.2 Å². The molecule has 1 aromatic heterocycles. The van der Waals surface area contributed by atoms with Gasteiger partial charge in [0, 0.05) is 103 Å². The van der Waals surface area contributed by atoms with Crippen molar-refractivity contribution in [2.45, 2.75) is 96.6 Å². The van der Waals surface area contributed by atoms with Crippen molar-refractivity contribution >= 4 is 111 Å². The Balaban J connectivity index is 0.827. The van der Waals surface area contributed by atoms with E-state index in [2.05, 4.69) is 20.9 Å². The van der Waals surface area contributed by atoms with Crippen LogP contribution in [-0.4, -0.2) is 106 Å². The number of aromatic nitrogens is 1. The Labute approximate surface area is 426 Å². The molecule has 7 amide bonds. The second kappa shape index (κ2) is 18.0. The molecule has 0 bridgehead atoms. The van der Waals surface area contributed by atoms with Crippen LogP contribution in [0.1, 0.15) is 94.2 Å². The lowest BCUT2D eigenvalue weighted by molar-refractivity contribution is -0.137. The number of carbonyl (C=O) groups is 7. The molecule has 17 nitrogen and oxygen atoms in total. The summed E-state index contributed by atoms with van der Waals surface area (Å²) >= 11 is 13.2. The molecular weight excluding hydrogens is 984 g/mol. The molecule has 380 valence electrons. The Morgan fingerprint density at radius 2 is 1.46 bits per heavy atom. The van der Waals surface area contributed by atoms with Crippen molar-refractivity contribution in [2.24, 2.45) is 22.2 Å². The molecule has 0 radical (unpaired) electrons. The van der Waals surface area contributed by atoms with Gasteiger partial charge in [0.25, 0.3) is 11.8 Å². The smallest absolute Gasteiger partial charge is 0.373 e. The summed E-state index contributed by atoms with van der Waals surface area (Å²) in [6, 6.07) is 9.09. The highest BCUT2D eigenvalue weighted by molar-refractivity contribution is 7.52. The zero-order valence-electron chi connectivity index (χ0n) is 40.7. The largest absolute Gasteiger partial charge is 0.422 e. The van der Waals surface area contributed by atoms with E-state index in [0.717, 1.165) is 44.4 Å². The van der Waals surface area contributed by atoms with E-state index in [-0.39, 0.29) is 77.8 Å². The van der Waals surface area contributed by atoms with Crippen molar-refractivity contribution in [1.82, 2.24) is 20.5 Å². The number of nitrogens with zero attached hydrogens (tertiary/aromatic N) is 3. The van der Waals surface area contributed by atoms with E-state index in [1.54, 1.807) is 48.9 Å². The molecule has 4 aromatic rings. The van der Waals surface area contributed by atoms with Crippen LogP contribution < -0.4 is 30.3 Å². The fraction of sp³-hybridized carbons (Fsp3) is 0.481. The van der Waals surface area contributed by atoms with Crippen molar-refractivity contribution in [3.05, 3.63) is 71.4 Å². The van der Waals surface area contributed by atoms with Crippen LogP contribution in [0, 0.1) is 29.1 Å². The lowest BCUT2D eigenvalue weighted by atomic mass is 9.72. The van der Waals surface area contributed by atoms with Gasteiger partial charge < -0.3 is 40.2 Å². The van der Waals surface area contributed by atoms with Crippen LogP contribution in [0.15, 0.2) is 54.7 Å². The van der Waals surface area contributed by atoms with Crippen LogP contribution in [0.4, 0.5) is 17.1 Å². The first kappa shape index (κ1) is 49.8. The maximum Gasteiger partial charge on any atom is 0.373 e. The van der Waals surface area contributed by atoms with Crippen molar-refractivity contribution in [3.8, 4) is 5.75 Å². The van der Waals surface area contributed by atoms with Gasteiger partial charge in [-0.15, -0.1) is 23.2 Å². The highest BCUT2D eigenvalue weighted by Gasteiger charge is 3.01. The summed E-state index contributed by atoms with van der Waals surface area (Å²) in [5.74, 6) is -2.28. The predicted octanol–water partition coefficient (Wildman–Crippen LogP) is 7.10. The number of carbonyl (C=O) groups excluding carboxylic acids is 7. The van der Waals surface area contributed by atoms with Crippen LogP contribution in [0.3, 0.4) is 0 Å². The number of alkyl halides is 2. The number of anilines is 3. The highest BCUT2D eigenvalue weighted by atomic mass is 35.5. The van der Waals surface area contributed by atoms with E-state index in [9.17, 15) is 38.2 Å². The summed E-state index contributed by atoms with van der Waals surface area (Å²) in [5, 5.41) is 11.0. The molecule has 8 atom stereocenters. The average molecular weight is 1040 g/mol. The molecule has 3 saturated carbocycles. The van der Waals surface area contributed by atoms with Crippen LogP contribution in [0.2, 0.25) is 0 Å². The summed E-state index contributed by atoms with van der Waals surface area (Å²) in [7, 11) is -3.97. The lowest BCUT2D eigenvalue weighted by Gasteiger charge is -2.37. The minimum atomic E-state index is -3.97. The third-order valence-corrected chi connectivity index (χ3v) is 17.5. The number of amides is 7. The van der Waals surface area contributed by atoms with Gasteiger partial charge in [0.15, 0.2) is 5.75 Å². The minimum absolute atomic E-state index is 0.0812. The van der Waals surface area contributed by atoms with Crippen molar-refractivity contribution in [1.29, 1.82) is 0 Å². The number of benzene rings is 3. The van der Waals surface area contributed by atoms with Gasteiger partial charge >= 0.3 is 7.60 Å².